The van der Waals surface area contributed by atoms with E-state index in [1.165, 1.54) is 20.1 Å². The normalized spacial score (nSPS) is 18.1. The predicted molar refractivity (Wildman–Crippen MR) is 87.4 cm³/mol. The van der Waals surface area contributed by atoms with Crippen molar-refractivity contribution >= 4 is 39.0 Å². The van der Waals surface area contributed by atoms with Gasteiger partial charge in [0.05, 0.1) is 13.2 Å². The fraction of sp³-hybridized carbons (Fsp3) is 0.286. The van der Waals surface area contributed by atoms with E-state index in [-0.39, 0.29) is 11.5 Å². The van der Waals surface area contributed by atoms with Gasteiger partial charge in [0.15, 0.2) is 22.4 Å². The number of Topliss-reactive ketones (excluding diaryl/α,β-unsaturated/α-hetero) is 1. The molecule has 1 atom stereocenters. The molecular formula is C14H15BrN2O3S. The maximum atomic E-state index is 12.0. The summed E-state index contributed by atoms with van der Waals surface area (Å²) in [5, 5.41) is 16.3. The van der Waals surface area contributed by atoms with Gasteiger partial charge in [-0.3, -0.25) is 4.79 Å². The lowest BCUT2D eigenvalue weighted by molar-refractivity contribution is -0.114. The van der Waals surface area contributed by atoms with Crippen molar-refractivity contribution in [1.29, 1.82) is 0 Å². The number of phenolic OH excluding ortho intramolecular Hbond substituents is 1. The first-order valence-electron chi connectivity index (χ1n) is 6.20. The number of allylic oxidation sites excluding steroid dienone is 1. The molecule has 2 rings (SSSR count). The summed E-state index contributed by atoms with van der Waals surface area (Å²) in [4.78, 5) is 12.0. The van der Waals surface area contributed by atoms with Gasteiger partial charge >= 0.3 is 0 Å². The van der Waals surface area contributed by atoms with Gasteiger partial charge in [0.1, 0.15) is 0 Å². The Morgan fingerprint density at radius 2 is 2.14 bits per heavy atom. The Bertz CT molecular complexity index is 658. The van der Waals surface area contributed by atoms with Gasteiger partial charge in [-0.15, -0.1) is 0 Å². The van der Waals surface area contributed by atoms with E-state index >= 15 is 0 Å². The van der Waals surface area contributed by atoms with E-state index in [1.807, 2.05) is 6.92 Å². The Morgan fingerprint density at radius 1 is 1.48 bits per heavy atom. The monoisotopic (exact) mass is 370 g/mol. The second kappa shape index (κ2) is 6.03. The average Bonchev–Trinajstić information content (AvgIpc) is 2.37. The van der Waals surface area contributed by atoms with Crippen molar-refractivity contribution < 1.29 is 14.6 Å². The number of halogens is 1. The minimum Gasteiger partial charge on any atom is -0.504 e. The van der Waals surface area contributed by atoms with Crippen molar-refractivity contribution in [3.8, 4) is 11.5 Å². The number of hydrogen-bond donors (Lipinski definition) is 3. The maximum absolute atomic E-state index is 12.0. The summed E-state index contributed by atoms with van der Waals surface area (Å²) >= 11 is 8.58. The van der Waals surface area contributed by atoms with Crippen molar-refractivity contribution in [3.63, 3.8) is 0 Å². The van der Waals surface area contributed by atoms with Crippen molar-refractivity contribution in [3.05, 3.63) is 33.4 Å². The molecule has 0 spiro atoms. The number of nitrogens with one attached hydrogen (secondary N) is 2. The number of rotatable bonds is 3. The van der Waals surface area contributed by atoms with E-state index in [0.29, 0.717) is 20.9 Å². The first-order chi connectivity index (χ1) is 9.85. The van der Waals surface area contributed by atoms with E-state index in [1.54, 1.807) is 6.07 Å². The number of benzene rings is 1. The van der Waals surface area contributed by atoms with Crippen LogP contribution in [0.5, 0.6) is 11.5 Å². The lowest BCUT2D eigenvalue weighted by atomic mass is 9.93. The topological polar surface area (TPSA) is 70.6 Å². The number of thiocarbonyl (C=S) groups is 1. The van der Waals surface area contributed by atoms with Crippen molar-refractivity contribution in [1.82, 2.24) is 10.6 Å². The van der Waals surface area contributed by atoms with Gasteiger partial charge in [-0.2, -0.15) is 0 Å². The van der Waals surface area contributed by atoms with Crippen LogP contribution in [0.4, 0.5) is 0 Å². The highest BCUT2D eigenvalue weighted by Gasteiger charge is 2.29. The molecule has 1 aliphatic rings. The quantitative estimate of drug-likeness (QED) is 0.710. The number of methoxy groups -OCH3 is 1. The summed E-state index contributed by atoms with van der Waals surface area (Å²) in [6, 6.07) is 2.81. The first kappa shape index (κ1) is 15.8. The molecule has 1 unspecified atom stereocenters. The molecular weight excluding hydrogens is 356 g/mol. The number of phenols is 1. The summed E-state index contributed by atoms with van der Waals surface area (Å²) in [5.41, 5.74) is 2.07. The van der Waals surface area contributed by atoms with Crippen molar-refractivity contribution in [2.24, 2.45) is 0 Å². The van der Waals surface area contributed by atoms with Crippen LogP contribution >= 0.6 is 28.1 Å². The molecule has 5 nitrogen and oxygen atoms in total. The van der Waals surface area contributed by atoms with E-state index in [4.69, 9.17) is 17.0 Å². The molecule has 0 saturated heterocycles. The average molecular weight is 371 g/mol. The van der Waals surface area contributed by atoms with Crippen molar-refractivity contribution in [2.75, 3.05) is 7.11 Å². The number of hydrogen-bond acceptors (Lipinski definition) is 4. The Hall–Kier alpha value is -1.60. The van der Waals surface area contributed by atoms with Crippen LogP contribution in [0, 0.1) is 0 Å². The fourth-order valence-corrected chi connectivity index (χ4v) is 3.17. The summed E-state index contributed by atoms with van der Waals surface area (Å²) in [6.45, 7) is 3.32. The minimum absolute atomic E-state index is 0.0229. The van der Waals surface area contributed by atoms with Gasteiger partial charge in [0, 0.05) is 15.7 Å². The molecule has 0 radical (unpaired) electrons. The van der Waals surface area contributed by atoms with Crippen molar-refractivity contribution in [2.45, 2.75) is 19.9 Å². The van der Waals surface area contributed by atoms with Crippen LogP contribution in [0.3, 0.4) is 0 Å². The van der Waals surface area contributed by atoms with Gasteiger partial charge in [0.25, 0.3) is 0 Å². The van der Waals surface area contributed by atoms with Gasteiger partial charge < -0.3 is 20.5 Å². The summed E-state index contributed by atoms with van der Waals surface area (Å²) in [5.74, 6) is 0.300. The number of aromatic hydroxyl groups is 1. The molecule has 7 heteroatoms. The Labute approximate surface area is 136 Å². The molecule has 0 aromatic heterocycles. The zero-order chi connectivity index (χ0) is 15.7. The highest BCUT2D eigenvalue weighted by molar-refractivity contribution is 9.10. The SMILES string of the molecule is COc1cc(C2NC(=S)NC(C)=C2C(C)=O)c(Br)cc1O. The minimum atomic E-state index is -0.403. The number of carbonyl (C=O) groups excluding carboxylic acids is 1. The molecule has 1 heterocycles. The zero-order valence-electron chi connectivity index (χ0n) is 11.8. The van der Waals surface area contributed by atoms with E-state index < -0.39 is 6.04 Å². The summed E-state index contributed by atoms with van der Waals surface area (Å²) in [6.07, 6.45) is 0. The third-order valence-corrected chi connectivity index (χ3v) is 4.16. The summed E-state index contributed by atoms with van der Waals surface area (Å²) < 4.78 is 5.79. The fourth-order valence-electron chi connectivity index (χ4n) is 2.34. The molecule has 0 saturated carbocycles. The molecule has 21 heavy (non-hydrogen) atoms. The molecule has 1 aromatic rings. The highest BCUT2D eigenvalue weighted by Crippen LogP contribution is 2.38. The molecule has 0 amide bonds. The number of ether oxygens (including phenoxy) is 1. The third-order valence-electron chi connectivity index (χ3n) is 3.26. The molecule has 1 aliphatic heterocycles. The van der Waals surface area contributed by atoms with Crippen LogP contribution in [-0.2, 0) is 4.79 Å². The summed E-state index contributed by atoms with van der Waals surface area (Å²) in [7, 11) is 1.47. The van der Waals surface area contributed by atoms with E-state index in [2.05, 4.69) is 26.6 Å². The van der Waals surface area contributed by atoms with Crippen LogP contribution in [-0.4, -0.2) is 23.1 Å². The largest absolute Gasteiger partial charge is 0.504 e. The lowest BCUT2D eigenvalue weighted by Crippen LogP contribution is -2.44. The molecule has 3 N–H and O–H groups in total. The Morgan fingerprint density at radius 3 is 2.71 bits per heavy atom. The Balaban J connectivity index is 2.61. The number of carbonyl (C=O) groups is 1. The molecule has 112 valence electrons. The van der Waals surface area contributed by atoms with Crippen LogP contribution in [0.2, 0.25) is 0 Å². The Kier molecular flexibility index (Phi) is 4.53. The smallest absolute Gasteiger partial charge is 0.171 e. The number of ketones is 1. The van der Waals surface area contributed by atoms with Gasteiger partial charge in [-0.1, -0.05) is 15.9 Å². The third kappa shape index (κ3) is 3.03. The highest BCUT2D eigenvalue weighted by atomic mass is 79.9. The molecule has 0 bridgehead atoms. The standard InChI is InChI=1S/C14H15BrN2O3S/c1-6-12(7(2)18)13(17-14(21)16-6)8-4-11(20-3)10(19)5-9(8)15/h4-5,13,19H,1-3H3,(H2,16,17,21). The van der Waals surface area contributed by atoms with Gasteiger partial charge in [0.2, 0.25) is 0 Å². The van der Waals surface area contributed by atoms with Gasteiger partial charge in [-0.05, 0) is 43.8 Å². The first-order valence-corrected chi connectivity index (χ1v) is 7.41. The van der Waals surface area contributed by atoms with Crippen LogP contribution in [0.25, 0.3) is 0 Å². The van der Waals surface area contributed by atoms with E-state index in [9.17, 15) is 9.90 Å². The second-order valence-corrected chi connectivity index (χ2v) is 5.93. The zero-order valence-corrected chi connectivity index (χ0v) is 14.2. The lowest BCUT2D eigenvalue weighted by Gasteiger charge is -2.30. The molecule has 0 aliphatic carbocycles. The molecule has 1 aromatic carbocycles. The maximum Gasteiger partial charge on any atom is 0.171 e. The molecule has 0 fully saturated rings. The van der Waals surface area contributed by atoms with Crippen LogP contribution < -0.4 is 15.4 Å². The van der Waals surface area contributed by atoms with Crippen LogP contribution in [0.15, 0.2) is 27.9 Å². The predicted octanol–water partition coefficient (Wildman–Crippen LogP) is 2.55. The van der Waals surface area contributed by atoms with E-state index in [0.717, 1.165) is 11.3 Å². The van der Waals surface area contributed by atoms with Gasteiger partial charge in [-0.25, -0.2) is 0 Å². The second-order valence-electron chi connectivity index (χ2n) is 4.67. The van der Waals surface area contributed by atoms with Crippen LogP contribution in [0.1, 0.15) is 25.5 Å².